The highest BCUT2D eigenvalue weighted by Gasteiger charge is 2.26. The van der Waals surface area contributed by atoms with E-state index in [1.54, 1.807) is 6.26 Å². The number of aromatic nitrogens is 2. The van der Waals surface area contributed by atoms with E-state index in [2.05, 4.69) is 28.9 Å². The molecule has 0 spiro atoms. The number of hydrogen-bond donors (Lipinski definition) is 0. The van der Waals surface area contributed by atoms with E-state index in [1.165, 1.54) is 19.3 Å². The molecule has 2 atom stereocenters. The predicted molar refractivity (Wildman–Crippen MR) is 70.3 cm³/mol. The van der Waals surface area contributed by atoms with Gasteiger partial charge < -0.3 is 8.83 Å². The van der Waals surface area contributed by atoms with Crippen LogP contribution in [0.2, 0.25) is 0 Å². The zero-order chi connectivity index (χ0) is 13.2. The van der Waals surface area contributed by atoms with Gasteiger partial charge in [-0.15, -0.1) is 10.2 Å². The Morgan fingerprint density at radius 3 is 2.74 bits per heavy atom. The number of rotatable bonds is 3. The molecule has 0 aliphatic carbocycles. The van der Waals surface area contributed by atoms with E-state index < -0.39 is 0 Å². The number of hydrogen-bond acceptors (Lipinski definition) is 5. The summed E-state index contributed by atoms with van der Waals surface area (Å²) in [5.41, 5.74) is 0. The molecule has 5 nitrogen and oxygen atoms in total. The minimum atomic E-state index is 0.456. The smallest absolute Gasteiger partial charge is 0.283 e. The Balaban J connectivity index is 1.73. The lowest BCUT2D eigenvalue weighted by Gasteiger charge is -2.37. The molecule has 0 unspecified atom stereocenters. The van der Waals surface area contributed by atoms with Gasteiger partial charge in [-0.1, -0.05) is 6.42 Å². The van der Waals surface area contributed by atoms with Crippen LogP contribution < -0.4 is 0 Å². The molecule has 0 saturated carbocycles. The monoisotopic (exact) mass is 261 g/mol. The van der Waals surface area contributed by atoms with Crippen LogP contribution >= 0.6 is 0 Å². The summed E-state index contributed by atoms with van der Waals surface area (Å²) < 4.78 is 10.9. The van der Waals surface area contributed by atoms with Crippen LogP contribution in [0.3, 0.4) is 0 Å². The maximum Gasteiger partial charge on any atom is 0.283 e. The van der Waals surface area contributed by atoms with E-state index in [4.69, 9.17) is 8.83 Å². The van der Waals surface area contributed by atoms with Crippen molar-refractivity contribution in [2.45, 2.75) is 51.7 Å². The van der Waals surface area contributed by atoms with Gasteiger partial charge in [-0.3, -0.25) is 4.90 Å². The lowest BCUT2D eigenvalue weighted by Crippen LogP contribution is -2.43. The Hall–Kier alpha value is -1.62. The summed E-state index contributed by atoms with van der Waals surface area (Å²) in [6.45, 7) is 5.25. The zero-order valence-corrected chi connectivity index (χ0v) is 11.4. The van der Waals surface area contributed by atoms with E-state index in [-0.39, 0.29) is 0 Å². The van der Waals surface area contributed by atoms with E-state index in [9.17, 15) is 0 Å². The van der Waals surface area contributed by atoms with Crippen molar-refractivity contribution in [2.24, 2.45) is 0 Å². The Morgan fingerprint density at radius 2 is 2.05 bits per heavy atom. The average molecular weight is 261 g/mol. The van der Waals surface area contributed by atoms with Crippen molar-refractivity contribution in [3.05, 3.63) is 24.3 Å². The first kappa shape index (κ1) is 12.4. The van der Waals surface area contributed by atoms with Crippen molar-refractivity contribution in [3.63, 3.8) is 0 Å². The number of nitrogens with zero attached hydrogens (tertiary/aromatic N) is 3. The summed E-state index contributed by atoms with van der Waals surface area (Å²) in [6.07, 6.45) is 5.39. The van der Waals surface area contributed by atoms with Gasteiger partial charge in [-0.25, -0.2) is 0 Å². The summed E-state index contributed by atoms with van der Waals surface area (Å²) in [5.74, 6) is 1.74. The molecule has 0 N–H and O–H groups in total. The molecule has 1 aliphatic rings. The van der Waals surface area contributed by atoms with E-state index >= 15 is 0 Å². The van der Waals surface area contributed by atoms with Crippen LogP contribution in [-0.2, 0) is 6.54 Å². The molecule has 3 rings (SSSR count). The molecule has 1 aliphatic heterocycles. The molecule has 1 saturated heterocycles. The Kier molecular flexibility index (Phi) is 3.38. The molecule has 0 radical (unpaired) electrons. The van der Waals surface area contributed by atoms with Crippen LogP contribution in [0.15, 0.2) is 27.2 Å². The molecule has 102 valence electrons. The predicted octanol–water partition coefficient (Wildman–Crippen LogP) is 3.09. The van der Waals surface area contributed by atoms with Crippen LogP contribution in [-0.4, -0.2) is 27.2 Å². The molecular weight excluding hydrogens is 242 g/mol. The summed E-state index contributed by atoms with van der Waals surface area (Å²) in [5, 5.41) is 8.15. The standard InChI is InChI=1S/C14H19N3O2/c1-10-5-3-6-11(2)17(10)9-13-15-16-14(19-13)12-7-4-8-18-12/h4,7-8,10-11H,3,5-6,9H2,1-2H3/t10-,11+. The first-order chi connectivity index (χ1) is 9.24. The van der Waals surface area contributed by atoms with Gasteiger partial charge in [0, 0.05) is 12.1 Å². The first-order valence-corrected chi connectivity index (χ1v) is 6.86. The topological polar surface area (TPSA) is 55.3 Å². The molecular formula is C14H19N3O2. The maximum absolute atomic E-state index is 5.67. The van der Waals surface area contributed by atoms with Crippen LogP contribution in [0.25, 0.3) is 11.7 Å². The molecule has 2 aromatic rings. The lowest BCUT2D eigenvalue weighted by atomic mass is 9.98. The van der Waals surface area contributed by atoms with Crippen LogP contribution in [0.4, 0.5) is 0 Å². The van der Waals surface area contributed by atoms with Crippen molar-refractivity contribution in [2.75, 3.05) is 0 Å². The Labute approximate surface area is 112 Å². The van der Waals surface area contributed by atoms with Crippen molar-refractivity contribution in [3.8, 4) is 11.7 Å². The lowest BCUT2D eigenvalue weighted by molar-refractivity contribution is 0.0853. The van der Waals surface area contributed by atoms with Crippen LogP contribution in [0, 0.1) is 0 Å². The molecule has 0 bridgehead atoms. The van der Waals surface area contributed by atoms with Gasteiger partial charge in [0.25, 0.3) is 5.89 Å². The normalized spacial score (nSPS) is 24.7. The highest BCUT2D eigenvalue weighted by Crippen LogP contribution is 2.25. The third-order valence-corrected chi connectivity index (χ3v) is 3.89. The largest absolute Gasteiger partial charge is 0.459 e. The highest BCUT2D eigenvalue weighted by molar-refractivity contribution is 5.42. The van der Waals surface area contributed by atoms with Gasteiger partial charge in [0.15, 0.2) is 5.76 Å². The average Bonchev–Trinajstić information content (AvgIpc) is 3.04. The summed E-state index contributed by atoms with van der Waals surface area (Å²) in [6, 6.07) is 4.78. The molecule has 2 aromatic heterocycles. The van der Waals surface area contributed by atoms with Crippen molar-refractivity contribution < 1.29 is 8.83 Å². The second kappa shape index (κ2) is 5.17. The quantitative estimate of drug-likeness (QED) is 0.849. The highest BCUT2D eigenvalue weighted by atomic mass is 16.4. The first-order valence-electron chi connectivity index (χ1n) is 6.86. The van der Waals surface area contributed by atoms with E-state index in [0.717, 1.165) is 6.54 Å². The fourth-order valence-electron chi connectivity index (χ4n) is 2.76. The fraction of sp³-hybridized carbons (Fsp3) is 0.571. The molecule has 1 fully saturated rings. The Bertz CT molecular complexity index is 511. The van der Waals surface area contributed by atoms with Gasteiger partial charge in [-0.2, -0.15) is 0 Å². The minimum Gasteiger partial charge on any atom is -0.459 e. The third kappa shape index (κ3) is 2.56. The molecule has 3 heterocycles. The second-order valence-electron chi connectivity index (χ2n) is 5.28. The number of furan rings is 1. The van der Waals surface area contributed by atoms with Crippen molar-refractivity contribution in [1.82, 2.24) is 15.1 Å². The van der Waals surface area contributed by atoms with Crippen LogP contribution in [0.5, 0.6) is 0 Å². The molecule has 0 aromatic carbocycles. The third-order valence-electron chi connectivity index (χ3n) is 3.89. The summed E-state index contributed by atoms with van der Waals surface area (Å²) in [7, 11) is 0. The summed E-state index contributed by atoms with van der Waals surface area (Å²) in [4.78, 5) is 2.43. The molecule has 19 heavy (non-hydrogen) atoms. The molecule has 5 heteroatoms. The summed E-state index contributed by atoms with van der Waals surface area (Å²) >= 11 is 0. The zero-order valence-electron chi connectivity index (χ0n) is 11.4. The van der Waals surface area contributed by atoms with Gasteiger partial charge >= 0.3 is 0 Å². The minimum absolute atomic E-state index is 0.456. The SMILES string of the molecule is C[C@@H]1CCC[C@H](C)N1Cc1nnc(-c2ccco2)o1. The van der Waals surface area contributed by atoms with Gasteiger partial charge in [0.05, 0.1) is 12.8 Å². The maximum atomic E-state index is 5.67. The van der Waals surface area contributed by atoms with Gasteiger partial charge in [-0.05, 0) is 38.8 Å². The van der Waals surface area contributed by atoms with Crippen molar-refractivity contribution >= 4 is 0 Å². The molecule has 0 amide bonds. The Morgan fingerprint density at radius 1 is 1.26 bits per heavy atom. The number of likely N-dealkylation sites (tertiary alicyclic amines) is 1. The van der Waals surface area contributed by atoms with Gasteiger partial charge in [0.2, 0.25) is 5.89 Å². The second-order valence-corrected chi connectivity index (χ2v) is 5.28. The van der Waals surface area contributed by atoms with E-state index in [1.807, 2.05) is 12.1 Å². The van der Waals surface area contributed by atoms with E-state index in [0.29, 0.717) is 29.6 Å². The number of piperidine rings is 1. The van der Waals surface area contributed by atoms with Crippen molar-refractivity contribution in [1.29, 1.82) is 0 Å². The fourth-order valence-corrected chi connectivity index (χ4v) is 2.76. The van der Waals surface area contributed by atoms with Gasteiger partial charge in [0.1, 0.15) is 0 Å². The van der Waals surface area contributed by atoms with Crippen LogP contribution in [0.1, 0.15) is 39.0 Å².